The van der Waals surface area contributed by atoms with Crippen LogP contribution in [0.4, 0.5) is 5.82 Å². The molecule has 0 bridgehead atoms. The van der Waals surface area contributed by atoms with E-state index in [1.807, 2.05) is 6.07 Å². The summed E-state index contributed by atoms with van der Waals surface area (Å²) in [5, 5.41) is 17.9. The monoisotopic (exact) mass is 303 g/mol. The SMILES string of the molecule is CC(C)(COC1CCN(c2ccc(C#N)cn2)CC1)C(=O)O. The summed E-state index contributed by atoms with van der Waals surface area (Å²) >= 11 is 0. The number of carboxylic acid groups (broad SMARTS) is 1. The highest BCUT2D eigenvalue weighted by atomic mass is 16.5. The van der Waals surface area contributed by atoms with Gasteiger partial charge in [0.2, 0.25) is 0 Å². The van der Waals surface area contributed by atoms with Gasteiger partial charge in [0, 0.05) is 19.3 Å². The Hall–Kier alpha value is -2.13. The van der Waals surface area contributed by atoms with E-state index >= 15 is 0 Å². The molecule has 2 rings (SSSR count). The van der Waals surface area contributed by atoms with Crippen LogP contribution in [-0.2, 0) is 9.53 Å². The van der Waals surface area contributed by atoms with Crippen molar-refractivity contribution in [3.63, 3.8) is 0 Å². The van der Waals surface area contributed by atoms with E-state index in [1.165, 1.54) is 0 Å². The summed E-state index contributed by atoms with van der Waals surface area (Å²) in [7, 11) is 0. The van der Waals surface area contributed by atoms with Crippen LogP contribution in [0, 0.1) is 16.7 Å². The lowest BCUT2D eigenvalue weighted by Crippen LogP contribution is -2.39. The number of nitrogens with zero attached hydrogens (tertiary/aromatic N) is 3. The zero-order chi connectivity index (χ0) is 16.2. The molecule has 118 valence electrons. The average Bonchev–Trinajstić information content (AvgIpc) is 2.53. The predicted octanol–water partition coefficient (Wildman–Crippen LogP) is 2.05. The van der Waals surface area contributed by atoms with Crippen molar-refractivity contribution < 1.29 is 14.6 Å². The second-order valence-electron chi connectivity index (χ2n) is 6.20. The number of piperidine rings is 1. The highest BCUT2D eigenvalue weighted by Crippen LogP contribution is 2.22. The van der Waals surface area contributed by atoms with Crippen LogP contribution in [-0.4, -0.2) is 41.9 Å². The Labute approximate surface area is 130 Å². The van der Waals surface area contributed by atoms with Crippen molar-refractivity contribution in [2.45, 2.75) is 32.8 Å². The topological polar surface area (TPSA) is 86.5 Å². The van der Waals surface area contributed by atoms with Gasteiger partial charge in [-0.2, -0.15) is 5.26 Å². The van der Waals surface area contributed by atoms with Crippen molar-refractivity contribution in [2.75, 3.05) is 24.6 Å². The summed E-state index contributed by atoms with van der Waals surface area (Å²) in [5.74, 6) is 0.0232. The van der Waals surface area contributed by atoms with Crippen LogP contribution in [0.5, 0.6) is 0 Å². The van der Waals surface area contributed by atoms with E-state index in [2.05, 4.69) is 16.0 Å². The highest BCUT2D eigenvalue weighted by molar-refractivity contribution is 5.73. The number of nitriles is 1. The standard InChI is InChI=1S/C16H21N3O3/c1-16(2,15(20)21)11-22-13-5-7-19(8-6-13)14-4-3-12(9-17)10-18-14/h3-4,10,13H,5-8,11H2,1-2H3,(H,20,21). The van der Waals surface area contributed by atoms with Gasteiger partial charge in [-0.3, -0.25) is 4.79 Å². The van der Waals surface area contributed by atoms with Gasteiger partial charge in [-0.1, -0.05) is 0 Å². The zero-order valence-corrected chi connectivity index (χ0v) is 13.0. The van der Waals surface area contributed by atoms with E-state index in [9.17, 15) is 4.79 Å². The summed E-state index contributed by atoms with van der Waals surface area (Å²) in [5.41, 5.74) is -0.302. The second-order valence-corrected chi connectivity index (χ2v) is 6.20. The maximum Gasteiger partial charge on any atom is 0.311 e. The first kappa shape index (κ1) is 16.2. The van der Waals surface area contributed by atoms with Gasteiger partial charge in [0.15, 0.2) is 0 Å². The minimum atomic E-state index is -0.855. The molecular weight excluding hydrogens is 282 g/mol. The number of hydrogen-bond acceptors (Lipinski definition) is 5. The summed E-state index contributed by atoms with van der Waals surface area (Å²) in [6.45, 7) is 5.20. The molecular formula is C16H21N3O3. The molecule has 0 atom stereocenters. The molecule has 0 spiro atoms. The molecule has 0 amide bonds. The molecule has 0 radical (unpaired) electrons. The van der Waals surface area contributed by atoms with Crippen molar-refractivity contribution in [3.8, 4) is 6.07 Å². The number of aliphatic carboxylic acids is 1. The van der Waals surface area contributed by atoms with Gasteiger partial charge in [-0.05, 0) is 38.8 Å². The molecule has 6 heteroatoms. The zero-order valence-electron chi connectivity index (χ0n) is 13.0. The molecule has 1 aromatic heterocycles. The first-order valence-corrected chi connectivity index (χ1v) is 7.38. The van der Waals surface area contributed by atoms with Crippen LogP contribution in [0.25, 0.3) is 0 Å². The summed E-state index contributed by atoms with van der Waals surface area (Å²) in [4.78, 5) is 17.5. The highest BCUT2D eigenvalue weighted by Gasteiger charge is 2.30. The molecule has 0 aliphatic carbocycles. The van der Waals surface area contributed by atoms with Gasteiger partial charge < -0.3 is 14.7 Å². The average molecular weight is 303 g/mol. The van der Waals surface area contributed by atoms with Crippen molar-refractivity contribution in [2.24, 2.45) is 5.41 Å². The number of rotatable bonds is 5. The minimum Gasteiger partial charge on any atom is -0.481 e. The molecule has 2 heterocycles. The van der Waals surface area contributed by atoms with Crippen molar-refractivity contribution in [3.05, 3.63) is 23.9 Å². The molecule has 22 heavy (non-hydrogen) atoms. The van der Waals surface area contributed by atoms with Crippen LogP contribution >= 0.6 is 0 Å². The molecule has 0 saturated carbocycles. The molecule has 0 unspecified atom stereocenters. The fourth-order valence-corrected chi connectivity index (χ4v) is 2.28. The van der Waals surface area contributed by atoms with Crippen LogP contribution in [0.3, 0.4) is 0 Å². The smallest absolute Gasteiger partial charge is 0.311 e. The summed E-state index contributed by atoms with van der Waals surface area (Å²) < 4.78 is 5.76. The first-order chi connectivity index (χ1) is 10.4. The Morgan fingerprint density at radius 1 is 1.50 bits per heavy atom. The van der Waals surface area contributed by atoms with Gasteiger partial charge in [-0.15, -0.1) is 0 Å². The number of carboxylic acids is 1. The first-order valence-electron chi connectivity index (χ1n) is 7.38. The van der Waals surface area contributed by atoms with E-state index in [4.69, 9.17) is 15.1 Å². The minimum absolute atomic E-state index is 0.0910. The molecule has 1 aromatic rings. The van der Waals surface area contributed by atoms with Gasteiger partial charge in [0.05, 0.1) is 23.7 Å². The fraction of sp³-hybridized carbons (Fsp3) is 0.562. The largest absolute Gasteiger partial charge is 0.481 e. The van der Waals surface area contributed by atoms with Crippen molar-refractivity contribution in [1.29, 1.82) is 5.26 Å². The van der Waals surface area contributed by atoms with E-state index < -0.39 is 11.4 Å². The van der Waals surface area contributed by atoms with Gasteiger partial charge in [0.1, 0.15) is 11.9 Å². The third-order valence-corrected chi connectivity index (χ3v) is 3.90. The fourth-order valence-electron chi connectivity index (χ4n) is 2.28. The molecule has 6 nitrogen and oxygen atoms in total. The Morgan fingerprint density at radius 3 is 2.68 bits per heavy atom. The molecule has 0 aromatic carbocycles. The number of aromatic nitrogens is 1. The molecule has 1 saturated heterocycles. The Kier molecular flexibility index (Phi) is 4.99. The van der Waals surface area contributed by atoms with Gasteiger partial charge in [-0.25, -0.2) is 4.98 Å². The third kappa shape index (κ3) is 3.95. The third-order valence-electron chi connectivity index (χ3n) is 3.90. The Morgan fingerprint density at radius 2 is 2.18 bits per heavy atom. The summed E-state index contributed by atoms with van der Waals surface area (Å²) in [6.07, 6.45) is 3.36. The van der Waals surface area contributed by atoms with E-state index in [0.29, 0.717) is 5.56 Å². The maximum absolute atomic E-state index is 11.1. The van der Waals surface area contributed by atoms with Crippen LogP contribution in [0.1, 0.15) is 32.3 Å². The number of anilines is 1. The second kappa shape index (κ2) is 6.75. The van der Waals surface area contributed by atoms with Crippen LogP contribution in [0.15, 0.2) is 18.3 Å². The lowest BCUT2D eigenvalue weighted by Gasteiger charge is -2.34. The van der Waals surface area contributed by atoms with E-state index in [0.717, 1.165) is 31.7 Å². The number of hydrogen-bond donors (Lipinski definition) is 1. The van der Waals surface area contributed by atoms with E-state index in [-0.39, 0.29) is 12.7 Å². The molecule has 1 fully saturated rings. The van der Waals surface area contributed by atoms with Gasteiger partial charge >= 0.3 is 5.97 Å². The molecule has 1 N–H and O–H groups in total. The number of ether oxygens (including phenoxy) is 1. The maximum atomic E-state index is 11.1. The normalized spacial score (nSPS) is 16.3. The van der Waals surface area contributed by atoms with Crippen LogP contribution < -0.4 is 4.90 Å². The Bertz CT molecular complexity index is 555. The molecule has 1 aliphatic heterocycles. The van der Waals surface area contributed by atoms with Crippen LogP contribution in [0.2, 0.25) is 0 Å². The number of carbonyl (C=O) groups is 1. The Balaban J connectivity index is 1.83. The van der Waals surface area contributed by atoms with Crippen molar-refractivity contribution in [1.82, 2.24) is 4.98 Å². The predicted molar refractivity (Wildman–Crippen MR) is 81.6 cm³/mol. The quantitative estimate of drug-likeness (QED) is 0.896. The lowest BCUT2D eigenvalue weighted by atomic mass is 9.95. The lowest BCUT2D eigenvalue weighted by molar-refractivity contribution is -0.152. The van der Waals surface area contributed by atoms with E-state index in [1.54, 1.807) is 26.1 Å². The van der Waals surface area contributed by atoms with Crippen molar-refractivity contribution >= 4 is 11.8 Å². The summed E-state index contributed by atoms with van der Waals surface area (Å²) in [6, 6.07) is 5.67. The number of pyridine rings is 1. The van der Waals surface area contributed by atoms with Gasteiger partial charge in [0.25, 0.3) is 0 Å². The molecule has 1 aliphatic rings.